The van der Waals surface area contributed by atoms with Crippen molar-refractivity contribution >= 4 is 29.3 Å². The van der Waals surface area contributed by atoms with Crippen LogP contribution < -0.4 is 10.2 Å². The lowest BCUT2D eigenvalue weighted by Gasteiger charge is -2.19. The average Bonchev–Trinajstić information content (AvgIpc) is 3.00. The lowest BCUT2D eigenvalue weighted by atomic mass is 10.1. The molecule has 2 amide bonds. The Morgan fingerprint density at radius 2 is 1.96 bits per heavy atom. The van der Waals surface area contributed by atoms with Crippen molar-refractivity contribution in [1.82, 2.24) is 10.2 Å². The zero-order valence-electron chi connectivity index (χ0n) is 14.7. The van der Waals surface area contributed by atoms with Crippen molar-refractivity contribution in [3.63, 3.8) is 0 Å². The van der Waals surface area contributed by atoms with E-state index in [1.165, 1.54) is 0 Å². The predicted octanol–water partition coefficient (Wildman–Crippen LogP) is 2.22. The number of amides is 2. The highest BCUT2D eigenvalue weighted by atomic mass is 32.2. The number of hydrogen-bond acceptors (Lipinski definition) is 4. The van der Waals surface area contributed by atoms with E-state index in [1.54, 1.807) is 16.7 Å². The molecule has 0 saturated carbocycles. The molecule has 1 aromatic carbocycles. The summed E-state index contributed by atoms with van der Waals surface area (Å²) in [4.78, 5) is 29.7. The van der Waals surface area contributed by atoms with Crippen molar-refractivity contribution in [3.05, 3.63) is 24.3 Å². The molecule has 1 fully saturated rings. The van der Waals surface area contributed by atoms with E-state index in [2.05, 4.69) is 24.1 Å². The Morgan fingerprint density at radius 1 is 1.29 bits per heavy atom. The van der Waals surface area contributed by atoms with Gasteiger partial charge in [0.1, 0.15) is 0 Å². The molecular weight excluding hydrogens is 322 g/mol. The molecule has 5 nitrogen and oxygen atoms in total. The van der Waals surface area contributed by atoms with E-state index in [4.69, 9.17) is 0 Å². The van der Waals surface area contributed by atoms with E-state index in [-0.39, 0.29) is 17.7 Å². The average molecular weight is 350 g/mol. The molecule has 1 N–H and O–H groups in total. The summed E-state index contributed by atoms with van der Waals surface area (Å²) in [7, 11) is 0. The summed E-state index contributed by atoms with van der Waals surface area (Å²) in [6, 6.07) is 7.91. The second-order valence-electron chi connectivity index (χ2n) is 5.92. The molecule has 2 rings (SSSR count). The molecule has 1 saturated heterocycles. The van der Waals surface area contributed by atoms with Crippen LogP contribution >= 0.6 is 11.8 Å². The number of rotatable bonds is 8. The highest BCUT2D eigenvalue weighted by molar-refractivity contribution is 7.98. The van der Waals surface area contributed by atoms with Gasteiger partial charge in [-0.2, -0.15) is 0 Å². The summed E-state index contributed by atoms with van der Waals surface area (Å²) in [6.07, 6.45) is 2.32. The Labute approximate surface area is 148 Å². The Morgan fingerprint density at radius 3 is 2.54 bits per heavy atom. The van der Waals surface area contributed by atoms with Crippen molar-refractivity contribution in [2.75, 3.05) is 43.9 Å². The van der Waals surface area contributed by atoms with Gasteiger partial charge in [-0.15, -0.1) is 11.8 Å². The van der Waals surface area contributed by atoms with Gasteiger partial charge in [0.2, 0.25) is 11.8 Å². The van der Waals surface area contributed by atoms with Crippen LogP contribution in [0.15, 0.2) is 29.2 Å². The Hall–Kier alpha value is -1.53. The Kier molecular flexibility index (Phi) is 7.12. The summed E-state index contributed by atoms with van der Waals surface area (Å²) in [5.74, 6) is -0.246. The molecule has 24 heavy (non-hydrogen) atoms. The second kappa shape index (κ2) is 9.08. The van der Waals surface area contributed by atoms with Gasteiger partial charge in [0.25, 0.3) is 0 Å². The van der Waals surface area contributed by atoms with Gasteiger partial charge in [-0.25, -0.2) is 0 Å². The summed E-state index contributed by atoms with van der Waals surface area (Å²) < 4.78 is 0. The first-order valence-corrected chi connectivity index (χ1v) is 9.76. The summed E-state index contributed by atoms with van der Waals surface area (Å²) in [6.45, 7) is 8.13. The van der Waals surface area contributed by atoms with Gasteiger partial charge in [-0.05, 0) is 43.6 Å². The third-order valence-corrected chi connectivity index (χ3v) is 5.25. The third kappa shape index (κ3) is 4.74. The highest BCUT2D eigenvalue weighted by Gasteiger charge is 2.34. The number of likely N-dealkylation sites (N-methyl/N-ethyl adjacent to an activating group) is 1. The molecule has 1 aliphatic heterocycles. The van der Waals surface area contributed by atoms with E-state index in [0.29, 0.717) is 19.5 Å². The molecule has 0 spiro atoms. The van der Waals surface area contributed by atoms with Gasteiger partial charge in [0.15, 0.2) is 0 Å². The van der Waals surface area contributed by atoms with Crippen LogP contribution in [0.3, 0.4) is 0 Å². The maximum atomic E-state index is 12.3. The van der Waals surface area contributed by atoms with Gasteiger partial charge in [0, 0.05) is 36.6 Å². The third-order valence-electron chi connectivity index (χ3n) is 4.50. The van der Waals surface area contributed by atoms with Crippen molar-refractivity contribution in [2.24, 2.45) is 5.92 Å². The highest BCUT2D eigenvalue weighted by Crippen LogP contribution is 2.27. The molecular formula is C18H27N3O2S. The fourth-order valence-corrected chi connectivity index (χ4v) is 3.32. The van der Waals surface area contributed by atoms with Crippen molar-refractivity contribution in [1.29, 1.82) is 0 Å². The van der Waals surface area contributed by atoms with E-state index >= 15 is 0 Å². The van der Waals surface area contributed by atoms with Crippen molar-refractivity contribution < 1.29 is 9.59 Å². The smallest absolute Gasteiger partial charge is 0.227 e. The van der Waals surface area contributed by atoms with Crippen LogP contribution in [0.1, 0.15) is 20.3 Å². The van der Waals surface area contributed by atoms with Gasteiger partial charge in [-0.1, -0.05) is 13.8 Å². The second-order valence-corrected chi connectivity index (χ2v) is 6.80. The van der Waals surface area contributed by atoms with Gasteiger partial charge in [-0.3, -0.25) is 9.59 Å². The number of anilines is 1. The number of carbonyl (C=O) groups excluding carboxylic acids is 2. The van der Waals surface area contributed by atoms with Crippen LogP contribution in [-0.4, -0.2) is 55.7 Å². The zero-order valence-corrected chi connectivity index (χ0v) is 15.6. The standard InChI is InChI=1S/C18H27N3O2S/c1-4-20(5-2)11-10-19-18(23)14-12-17(22)21(13-14)15-6-8-16(24-3)9-7-15/h6-9,14H,4-5,10-13H2,1-3H3,(H,19,23). The number of thioether (sulfide) groups is 1. The Bertz CT molecular complexity index is 558. The normalized spacial score (nSPS) is 17.6. The molecule has 1 atom stereocenters. The van der Waals surface area contributed by atoms with Crippen LogP contribution in [0.4, 0.5) is 5.69 Å². The first kappa shape index (κ1) is 18.8. The first-order chi connectivity index (χ1) is 11.6. The minimum Gasteiger partial charge on any atom is -0.355 e. The zero-order chi connectivity index (χ0) is 17.5. The predicted molar refractivity (Wildman–Crippen MR) is 99.5 cm³/mol. The number of nitrogens with zero attached hydrogens (tertiary/aromatic N) is 2. The molecule has 0 aliphatic carbocycles. The molecule has 1 unspecified atom stereocenters. The number of benzene rings is 1. The maximum absolute atomic E-state index is 12.3. The molecule has 0 radical (unpaired) electrons. The van der Waals surface area contributed by atoms with Gasteiger partial charge >= 0.3 is 0 Å². The van der Waals surface area contributed by atoms with Crippen LogP contribution in [-0.2, 0) is 9.59 Å². The number of hydrogen-bond donors (Lipinski definition) is 1. The summed E-state index contributed by atoms with van der Waals surface area (Å²) >= 11 is 1.67. The van der Waals surface area contributed by atoms with Crippen LogP contribution in [0.5, 0.6) is 0 Å². The monoisotopic (exact) mass is 349 g/mol. The fourth-order valence-electron chi connectivity index (χ4n) is 2.92. The minimum atomic E-state index is -0.255. The van der Waals surface area contributed by atoms with Crippen molar-refractivity contribution in [3.8, 4) is 0 Å². The lowest BCUT2D eigenvalue weighted by Crippen LogP contribution is -2.38. The van der Waals surface area contributed by atoms with E-state index in [9.17, 15) is 9.59 Å². The van der Waals surface area contributed by atoms with Gasteiger partial charge < -0.3 is 15.1 Å². The molecule has 1 aliphatic rings. The molecule has 0 bridgehead atoms. The molecule has 6 heteroatoms. The molecule has 0 aromatic heterocycles. The van der Waals surface area contributed by atoms with E-state index in [1.807, 2.05) is 30.5 Å². The number of carbonyl (C=O) groups is 2. The fraction of sp³-hybridized carbons (Fsp3) is 0.556. The lowest BCUT2D eigenvalue weighted by molar-refractivity contribution is -0.126. The summed E-state index contributed by atoms with van der Waals surface area (Å²) in [5.41, 5.74) is 0.872. The minimum absolute atomic E-state index is 0.0151. The van der Waals surface area contributed by atoms with Crippen molar-refractivity contribution in [2.45, 2.75) is 25.2 Å². The van der Waals surface area contributed by atoms with Gasteiger partial charge in [0.05, 0.1) is 5.92 Å². The number of nitrogens with one attached hydrogen (secondary N) is 1. The van der Waals surface area contributed by atoms with Crippen LogP contribution in [0.25, 0.3) is 0 Å². The van der Waals surface area contributed by atoms with Crippen LogP contribution in [0, 0.1) is 5.92 Å². The van der Waals surface area contributed by atoms with E-state index < -0.39 is 0 Å². The largest absolute Gasteiger partial charge is 0.355 e. The molecule has 1 aromatic rings. The SMILES string of the molecule is CCN(CC)CCNC(=O)C1CC(=O)N(c2ccc(SC)cc2)C1. The summed E-state index contributed by atoms with van der Waals surface area (Å²) in [5, 5.41) is 2.97. The topological polar surface area (TPSA) is 52.7 Å². The Balaban J connectivity index is 1.87. The molecule has 1 heterocycles. The molecule has 132 valence electrons. The van der Waals surface area contributed by atoms with E-state index in [0.717, 1.165) is 30.2 Å². The maximum Gasteiger partial charge on any atom is 0.227 e. The quantitative estimate of drug-likeness (QED) is 0.731. The van der Waals surface area contributed by atoms with Crippen LogP contribution in [0.2, 0.25) is 0 Å². The first-order valence-electron chi connectivity index (χ1n) is 8.53.